The van der Waals surface area contributed by atoms with Gasteiger partial charge in [-0.3, -0.25) is 9.89 Å². The van der Waals surface area contributed by atoms with Gasteiger partial charge >= 0.3 is 6.18 Å². The highest BCUT2D eigenvalue weighted by atomic mass is 19.4. The molecule has 1 aliphatic heterocycles. The number of nitrogens with zero attached hydrogens (tertiary/aromatic N) is 3. The van der Waals surface area contributed by atoms with Gasteiger partial charge in [0.05, 0.1) is 7.11 Å². The van der Waals surface area contributed by atoms with Crippen LogP contribution in [0.3, 0.4) is 0 Å². The second-order valence-corrected chi connectivity index (χ2v) is 6.31. The lowest BCUT2D eigenvalue weighted by molar-refractivity contribution is -0.181. The van der Waals surface area contributed by atoms with Crippen LogP contribution in [0.5, 0.6) is 5.75 Å². The number of benzene rings is 1. The summed E-state index contributed by atoms with van der Waals surface area (Å²) in [7, 11) is 3.33. The van der Waals surface area contributed by atoms with E-state index in [-0.39, 0.29) is 0 Å². The fourth-order valence-corrected chi connectivity index (χ4v) is 2.97. The highest BCUT2D eigenvalue weighted by molar-refractivity contribution is 5.80. The molecular weight excluding hydrogens is 345 g/mol. The minimum absolute atomic E-state index is 0.375. The van der Waals surface area contributed by atoms with Crippen molar-refractivity contribution in [3.63, 3.8) is 0 Å². The Morgan fingerprint density at radius 1 is 1.19 bits per heavy atom. The normalized spacial score (nSPS) is 17.9. The van der Waals surface area contributed by atoms with E-state index in [2.05, 4.69) is 10.3 Å². The van der Waals surface area contributed by atoms with Gasteiger partial charge in [-0.15, -0.1) is 0 Å². The zero-order valence-electron chi connectivity index (χ0n) is 15.5. The smallest absolute Gasteiger partial charge is 0.403 e. The lowest BCUT2D eigenvalue weighted by atomic mass is 10.1. The number of nitrogens with one attached hydrogen (secondary N) is 1. The van der Waals surface area contributed by atoms with Crippen LogP contribution >= 0.6 is 0 Å². The average molecular weight is 372 g/mol. The van der Waals surface area contributed by atoms with Crippen LogP contribution < -0.4 is 10.1 Å². The molecule has 0 radical (unpaired) electrons. The van der Waals surface area contributed by atoms with Crippen LogP contribution in [-0.2, 0) is 6.42 Å². The number of hydrogen-bond donors (Lipinski definition) is 1. The maximum atomic E-state index is 12.8. The van der Waals surface area contributed by atoms with Gasteiger partial charge in [-0.25, -0.2) is 0 Å². The summed E-state index contributed by atoms with van der Waals surface area (Å²) >= 11 is 0. The summed E-state index contributed by atoms with van der Waals surface area (Å²) < 4.78 is 43.6. The van der Waals surface area contributed by atoms with E-state index in [1.807, 2.05) is 29.2 Å². The number of halogens is 3. The Labute approximate surface area is 152 Å². The van der Waals surface area contributed by atoms with E-state index in [1.165, 1.54) is 17.4 Å². The zero-order chi connectivity index (χ0) is 19.2. The molecule has 1 heterocycles. The van der Waals surface area contributed by atoms with E-state index in [0.717, 1.165) is 18.1 Å². The summed E-state index contributed by atoms with van der Waals surface area (Å²) in [5.74, 6) is 1.56. The number of guanidine groups is 1. The summed E-state index contributed by atoms with van der Waals surface area (Å²) in [6.45, 7) is 3.74. The molecule has 0 spiro atoms. The van der Waals surface area contributed by atoms with Crippen molar-refractivity contribution in [3.05, 3.63) is 29.8 Å². The largest absolute Gasteiger partial charge is 0.497 e. The lowest BCUT2D eigenvalue weighted by Crippen LogP contribution is -2.56. The van der Waals surface area contributed by atoms with Gasteiger partial charge in [-0.05, 0) is 31.0 Å². The minimum Gasteiger partial charge on any atom is -0.497 e. The van der Waals surface area contributed by atoms with E-state index >= 15 is 0 Å². The van der Waals surface area contributed by atoms with Crippen LogP contribution in [0, 0.1) is 0 Å². The van der Waals surface area contributed by atoms with Gasteiger partial charge in [0.15, 0.2) is 5.96 Å². The Hall–Kier alpha value is -1.96. The Bertz CT molecular complexity index is 581. The van der Waals surface area contributed by atoms with E-state index in [9.17, 15) is 13.2 Å². The summed E-state index contributed by atoms with van der Waals surface area (Å²) in [6.07, 6.45) is -3.35. The van der Waals surface area contributed by atoms with Crippen LogP contribution in [-0.4, -0.2) is 74.9 Å². The van der Waals surface area contributed by atoms with E-state index < -0.39 is 12.2 Å². The maximum Gasteiger partial charge on any atom is 0.403 e. The summed E-state index contributed by atoms with van der Waals surface area (Å²) in [6, 6.07) is 6.46. The molecule has 2 rings (SSSR count). The van der Waals surface area contributed by atoms with Crippen molar-refractivity contribution in [2.24, 2.45) is 4.99 Å². The molecule has 146 valence electrons. The first-order chi connectivity index (χ1) is 12.3. The summed E-state index contributed by atoms with van der Waals surface area (Å²) in [5.41, 5.74) is 1.18. The molecular formula is C18H27F3N4O. The Kier molecular flexibility index (Phi) is 7.14. The predicted molar refractivity (Wildman–Crippen MR) is 96.7 cm³/mol. The fraction of sp³-hybridized carbons (Fsp3) is 0.611. The second kappa shape index (κ2) is 9.12. The van der Waals surface area contributed by atoms with E-state index in [1.54, 1.807) is 14.2 Å². The van der Waals surface area contributed by atoms with Gasteiger partial charge in [-0.2, -0.15) is 13.2 Å². The van der Waals surface area contributed by atoms with Gasteiger partial charge in [0.2, 0.25) is 0 Å². The number of alkyl halides is 3. The molecule has 1 aliphatic rings. The van der Waals surface area contributed by atoms with Crippen molar-refractivity contribution in [1.29, 1.82) is 0 Å². The fourth-order valence-electron chi connectivity index (χ4n) is 2.97. The summed E-state index contributed by atoms with van der Waals surface area (Å²) in [4.78, 5) is 7.74. The topological polar surface area (TPSA) is 40.1 Å². The first-order valence-corrected chi connectivity index (χ1v) is 8.74. The Balaban J connectivity index is 1.79. The first-order valence-electron chi connectivity index (χ1n) is 8.74. The number of rotatable bonds is 5. The molecule has 1 saturated heterocycles. The molecule has 0 bridgehead atoms. The highest BCUT2D eigenvalue weighted by Crippen LogP contribution is 2.25. The third-order valence-electron chi connectivity index (χ3n) is 4.70. The molecule has 8 heteroatoms. The Morgan fingerprint density at radius 3 is 2.31 bits per heavy atom. The number of ether oxygens (including phenoxy) is 1. The van der Waals surface area contributed by atoms with Gasteiger partial charge < -0.3 is 15.0 Å². The number of aliphatic imine (C=N–C) groups is 1. The van der Waals surface area contributed by atoms with E-state index in [4.69, 9.17) is 4.74 Å². The number of hydrogen-bond acceptors (Lipinski definition) is 3. The first kappa shape index (κ1) is 20.4. The third-order valence-corrected chi connectivity index (χ3v) is 4.70. The minimum atomic E-state index is -4.18. The van der Waals surface area contributed by atoms with Crippen LogP contribution in [0.1, 0.15) is 12.5 Å². The van der Waals surface area contributed by atoms with Crippen LogP contribution in [0.15, 0.2) is 29.3 Å². The Morgan fingerprint density at radius 2 is 1.81 bits per heavy atom. The lowest BCUT2D eigenvalue weighted by Gasteiger charge is -2.39. The molecule has 0 aliphatic carbocycles. The third kappa shape index (κ3) is 5.52. The molecule has 1 atom stereocenters. The van der Waals surface area contributed by atoms with Crippen molar-refractivity contribution in [3.8, 4) is 5.75 Å². The second-order valence-electron chi connectivity index (χ2n) is 6.31. The van der Waals surface area contributed by atoms with Crippen LogP contribution in [0.2, 0.25) is 0 Å². The zero-order valence-corrected chi connectivity index (χ0v) is 15.5. The van der Waals surface area contributed by atoms with Crippen molar-refractivity contribution >= 4 is 5.96 Å². The molecule has 26 heavy (non-hydrogen) atoms. The number of piperazine rings is 1. The maximum absolute atomic E-state index is 12.8. The monoisotopic (exact) mass is 372 g/mol. The molecule has 0 saturated carbocycles. The van der Waals surface area contributed by atoms with Crippen molar-refractivity contribution in [2.75, 3.05) is 46.9 Å². The summed E-state index contributed by atoms with van der Waals surface area (Å²) in [5, 5.41) is 3.29. The standard InChI is InChI=1S/C18H27F3N4O/c1-14(18(19,20)21)24-10-12-25(13-11-24)17(22-2)23-9-8-15-4-6-16(26-3)7-5-15/h4-7,14H,8-13H2,1-3H3,(H,22,23). The number of methoxy groups -OCH3 is 1. The van der Waals surface area contributed by atoms with E-state index in [0.29, 0.717) is 32.7 Å². The molecule has 0 amide bonds. The molecule has 0 aromatic heterocycles. The van der Waals surface area contributed by atoms with Gasteiger partial charge in [0.1, 0.15) is 11.8 Å². The quantitative estimate of drug-likeness (QED) is 0.636. The van der Waals surface area contributed by atoms with Crippen molar-refractivity contribution < 1.29 is 17.9 Å². The molecule has 1 N–H and O–H groups in total. The average Bonchev–Trinajstić information content (AvgIpc) is 2.64. The van der Waals surface area contributed by atoms with Gasteiger partial charge in [-0.1, -0.05) is 12.1 Å². The van der Waals surface area contributed by atoms with Crippen molar-refractivity contribution in [2.45, 2.75) is 25.6 Å². The van der Waals surface area contributed by atoms with Crippen LogP contribution in [0.4, 0.5) is 13.2 Å². The highest BCUT2D eigenvalue weighted by Gasteiger charge is 2.41. The van der Waals surface area contributed by atoms with Crippen molar-refractivity contribution in [1.82, 2.24) is 15.1 Å². The molecule has 1 unspecified atom stereocenters. The molecule has 1 aromatic rings. The van der Waals surface area contributed by atoms with Gasteiger partial charge in [0, 0.05) is 39.8 Å². The molecule has 1 fully saturated rings. The molecule has 1 aromatic carbocycles. The molecule has 5 nitrogen and oxygen atoms in total. The van der Waals surface area contributed by atoms with Crippen LogP contribution in [0.25, 0.3) is 0 Å². The van der Waals surface area contributed by atoms with Gasteiger partial charge in [0.25, 0.3) is 0 Å². The predicted octanol–water partition coefficient (Wildman–Crippen LogP) is 2.38. The SMILES string of the molecule is CN=C(NCCc1ccc(OC)cc1)N1CCN(C(C)C(F)(F)F)CC1.